The monoisotopic (exact) mass is 866 g/mol. The van der Waals surface area contributed by atoms with E-state index in [-0.39, 0.29) is 30.6 Å². The maximum Gasteiger partial charge on any atom is 0.338 e. The first-order valence-electron chi connectivity index (χ1n) is 21.2. The van der Waals surface area contributed by atoms with E-state index in [4.69, 9.17) is 28.1 Å². The first-order chi connectivity index (χ1) is 29.1. The Balaban J connectivity index is 1.60. The lowest BCUT2D eigenvalue weighted by molar-refractivity contribution is -0.344. The summed E-state index contributed by atoms with van der Waals surface area (Å²) >= 11 is 0. The molecule has 8 unspecified atom stereocenters. The predicted molar refractivity (Wildman–Crippen MR) is 231 cm³/mol. The Morgan fingerprint density at radius 2 is 1.31 bits per heavy atom. The number of carbonyl (C=O) groups is 5. The van der Waals surface area contributed by atoms with Crippen LogP contribution >= 0.6 is 0 Å². The highest BCUT2D eigenvalue weighted by atomic mass is 28.4. The molecule has 3 fully saturated rings. The molecule has 330 valence electrons. The SMILES string of the molecule is CC(=O)OC1CC2(O)C(OC(=O)c3ccccc3)C3C4(OC(C)=O)COC4CC(O[Si](c4ccccc4)(c4ccccc4)C(C)(C)C)[C@@]3(C)C(=O)C(OC(C)=O)C(=C1C)C2(C)C. The van der Waals surface area contributed by atoms with Crippen molar-refractivity contribution in [3.63, 3.8) is 0 Å². The van der Waals surface area contributed by atoms with Crippen molar-refractivity contribution in [2.45, 2.75) is 129 Å². The molecule has 4 aliphatic rings. The van der Waals surface area contributed by atoms with E-state index in [1.165, 1.54) is 20.8 Å². The number of fused-ring (bicyclic) bond motifs is 5. The van der Waals surface area contributed by atoms with Crippen LogP contribution in [0.1, 0.15) is 92.4 Å². The molecule has 1 saturated heterocycles. The Morgan fingerprint density at radius 3 is 1.77 bits per heavy atom. The molecule has 12 nitrogen and oxygen atoms in total. The van der Waals surface area contributed by atoms with E-state index < -0.39 is 101 Å². The molecule has 9 atom stereocenters. The van der Waals surface area contributed by atoms with Gasteiger partial charge in [-0.1, -0.05) is 113 Å². The van der Waals surface area contributed by atoms with E-state index in [1.807, 2.05) is 60.7 Å². The summed E-state index contributed by atoms with van der Waals surface area (Å²) in [5.41, 5.74) is -6.46. The average Bonchev–Trinajstić information content (AvgIpc) is 3.20. The quantitative estimate of drug-likeness (QED) is 0.119. The van der Waals surface area contributed by atoms with Crippen LogP contribution in [0.4, 0.5) is 0 Å². The molecule has 62 heavy (non-hydrogen) atoms. The summed E-state index contributed by atoms with van der Waals surface area (Å²) in [4.78, 5) is 70.6. The number of ketones is 1. The van der Waals surface area contributed by atoms with Gasteiger partial charge in [-0.05, 0) is 52.5 Å². The number of Topliss-reactive ketones (excluding diaryl/α,β-unsaturated/α-hetero) is 1. The molecular weight excluding hydrogens is 809 g/mol. The Bertz CT molecular complexity index is 2230. The molecule has 1 N–H and O–H groups in total. The molecule has 2 bridgehead atoms. The molecular formula is C49H58O12Si. The molecule has 0 aromatic heterocycles. The molecule has 0 spiro atoms. The molecule has 0 radical (unpaired) electrons. The smallest absolute Gasteiger partial charge is 0.338 e. The highest BCUT2D eigenvalue weighted by Crippen LogP contribution is 2.65. The van der Waals surface area contributed by atoms with Crippen molar-refractivity contribution in [3.8, 4) is 0 Å². The molecule has 1 heterocycles. The van der Waals surface area contributed by atoms with Crippen LogP contribution < -0.4 is 10.4 Å². The Labute approximate surface area is 364 Å². The van der Waals surface area contributed by atoms with Gasteiger partial charge in [-0.25, -0.2) is 4.79 Å². The zero-order chi connectivity index (χ0) is 45.2. The molecule has 3 aromatic carbocycles. The van der Waals surface area contributed by atoms with Gasteiger partial charge in [0.05, 0.1) is 29.6 Å². The first kappa shape index (κ1) is 45.1. The van der Waals surface area contributed by atoms with Gasteiger partial charge in [-0.3, -0.25) is 19.2 Å². The van der Waals surface area contributed by atoms with Crippen molar-refractivity contribution >= 4 is 48.4 Å². The molecule has 0 amide bonds. The molecule has 3 aliphatic carbocycles. The van der Waals surface area contributed by atoms with E-state index >= 15 is 4.79 Å². The van der Waals surface area contributed by atoms with Crippen molar-refractivity contribution in [3.05, 3.63) is 108 Å². The average molecular weight is 867 g/mol. The maximum atomic E-state index is 16.5. The zero-order valence-corrected chi connectivity index (χ0v) is 38.2. The fourth-order valence-electron chi connectivity index (χ4n) is 11.3. The van der Waals surface area contributed by atoms with Gasteiger partial charge < -0.3 is 33.2 Å². The van der Waals surface area contributed by atoms with Crippen LogP contribution in [0, 0.1) is 16.7 Å². The second kappa shape index (κ2) is 16.0. The minimum atomic E-state index is -3.54. The lowest BCUT2D eigenvalue weighted by atomic mass is 9.44. The summed E-state index contributed by atoms with van der Waals surface area (Å²) in [6.07, 6.45) is -6.69. The van der Waals surface area contributed by atoms with Crippen molar-refractivity contribution in [1.82, 2.24) is 0 Å². The van der Waals surface area contributed by atoms with Crippen molar-refractivity contribution in [2.24, 2.45) is 16.7 Å². The summed E-state index contributed by atoms with van der Waals surface area (Å²) in [6, 6.07) is 28.0. The Hall–Kier alpha value is -4.95. The van der Waals surface area contributed by atoms with Crippen molar-refractivity contribution in [2.75, 3.05) is 6.61 Å². The van der Waals surface area contributed by atoms with Crippen LogP contribution in [-0.4, -0.2) is 91.4 Å². The summed E-state index contributed by atoms with van der Waals surface area (Å²) < 4.78 is 39.4. The summed E-state index contributed by atoms with van der Waals surface area (Å²) in [7, 11) is -3.54. The fraction of sp³-hybridized carbons (Fsp3) is 0.490. The van der Waals surface area contributed by atoms with Gasteiger partial charge in [-0.15, -0.1) is 0 Å². The van der Waals surface area contributed by atoms with Crippen LogP contribution in [0.15, 0.2) is 102 Å². The number of hydrogen-bond donors (Lipinski definition) is 1. The van der Waals surface area contributed by atoms with E-state index in [1.54, 1.807) is 58.0 Å². The topological polar surface area (TPSA) is 161 Å². The normalized spacial score (nSPS) is 31.5. The minimum Gasteiger partial charge on any atom is -0.458 e. The number of aliphatic hydroxyl groups is 1. The fourth-order valence-corrected chi connectivity index (χ4v) is 16.1. The van der Waals surface area contributed by atoms with Gasteiger partial charge in [0, 0.05) is 39.0 Å². The van der Waals surface area contributed by atoms with Crippen LogP contribution in [-0.2, 0) is 47.3 Å². The van der Waals surface area contributed by atoms with Crippen LogP contribution in [0.2, 0.25) is 5.04 Å². The maximum absolute atomic E-state index is 16.5. The highest BCUT2D eigenvalue weighted by Gasteiger charge is 2.79. The van der Waals surface area contributed by atoms with Gasteiger partial charge in [0.15, 0.2) is 17.5 Å². The van der Waals surface area contributed by atoms with Crippen molar-refractivity contribution < 1.29 is 57.2 Å². The second-order valence-electron chi connectivity index (χ2n) is 19.1. The molecule has 1 aliphatic heterocycles. The molecule has 3 aromatic rings. The van der Waals surface area contributed by atoms with Gasteiger partial charge >= 0.3 is 23.9 Å². The number of rotatable bonds is 9. The number of carbonyl (C=O) groups excluding carboxylic acids is 5. The summed E-state index contributed by atoms with van der Waals surface area (Å²) in [5, 5.41) is 15.2. The van der Waals surface area contributed by atoms with Gasteiger partial charge in [0.2, 0.25) is 0 Å². The second-order valence-corrected chi connectivity index (χ2v) is 23.4. The molecule has 7 rings (SSSR count). The third-order valence-corrected chi connectivity index (χ3v) is 19.2. The van der Waals surface area contributed by atoms with E-state index in [0.717, 1.165) is 10.4 Å². The summed E-state index contributed by atoms with van der Waals surface area (Å²) in [6.45, 7) is 16.6. The predicted octanol–water partition coefficient (Wildman–Crippen LogP) is 5.81. The lowest BCUT2D eigenvalue weighted by Crippen LogP contribution is -2.83. The number of hydrogen-bond acceptors (Lipinski definition) is 12. The third kappa shape index (κ3) is 6.96. The largest absolute Gasteiger partial charge is 0.458 e. The molecule has 13 heteroatoms. The number of benzene rings is 3. The molecule has 2 saturated carbocycles. The zero-order valence-electron chi connectivity index (χ0n) is 37.2. The van der Waals surface area contributed by atoms with E-state index in [2.05, 4.69) is 20.8 Å². The van der Waals surface area contributed by atoms with Gasteiger partial charge in [0.25, 0.3) is 8.32 Å². The van der Waals surface area contributed by atoms with Crippen LogP contribution in [0.5, 0.6) is 0 Å². The highest BCUT2D eigenvalue weighted by molar-refractivity contribution is 6.99. The Kier molecular flexibility index (Phi) is 11.6. The first-order valence-corrected chi connectivity index (χ1v) is 23.2. The number of ether oxygens (including phenoxy) is 5. The standard InChI is InChI=1S/C49H58O12Si/c1-29-36(57-30(2)50)27-49(55)43(59-44(54)33-20-14-11-15-21-33)41-47(10,42(53)40(58-31(3)51)39(29)46(49,8)9)37(26-38-48(41,28-56-38)60-32(4)52)61-62(45(5,6)7,34-22-16-12-17-23-34)35-24-18-13-19-25-35/h11-25,36-38,40-41,43,55H,26-28H2,1-10H3/t36?,37?,38?,40?,41?,43?,47-,48?,49?/m1/s1. The van der Waals surface area contributed by atoms with E-state index in [9.17, 15) is 24.3 Å². The summed E-state index contributed by atoms with van der Waals surface area (Å²) in [5.74, 6) is -4.94. The van der Waals surface area contributed by atoms with Crippen LogP contribution in [0.3, 0.4) is 0 Å². The third-order valence-electron chi connectivity index (χ3n) is 14.2. The van der Waals surface area contributed by atoms with E-state index in [0.29, 0.717) is 5.57 Å². The van der Waals surface area contributed by atoms with Gasteiger partial charge in [0.1, 0.15) is 23.9 Å². The minimum absolute atomic E-state index is 0.0403. The van der Waals surface area contributed by atoms with Crippen molar-refractivity contribution in [1.29, 1.82) is 0 Å². The lowest BCUT2D eigenvalue weighted by Gasteiger charge is -2.68. The van der Waals surface area contributed by atoms with Gasteiger partial charge in [-0.2, -0.15) is 0 Å². The Morgan fingerprint density at radius 1 is 0.774 bits per heavy atom. The number of esters is 4. The van der Waals surface area contributed by atoms with Crippen LogP contribution in [0.25, 0.3) is 0 Å².